The van der Waals surface area contributed by atoms with Gasteiger partial charge in [-0.2, -0.15) is 8.78 Å². The van der Waals surface area contributed by atoms with E-state index in [-0.39, 0.29) is 29.2 Å². The minimum atomic E-state index is -4.78. The van der Waals surface area contributed by atoms with Crippen molar-refractivity contribution in [2.24, 2.45) is 11.7 Å². The Kier molecular flexibility index (Phi) is 8.61. The first-order valence-electron chi connectivity index (χ1n) is 6.69. The lowest BCUT2D eigenvalue weighted by Crippen LogP contribution is -2.34. The molecule has 23 heavy (non-hydrogen) atoms. The molecule has 10 heteroatoms. The Morgan fingerprint density at radius 1 is 1.39 bits per heavy atom. The quantitative estimate of drug-likeness (QED) is 0.776. The molecule has 0 bridgehead atoms. The largest absolute Gasteiger partial charge is 0.341 e. The molecule has 1 rings (SSSR count). The highest BCUT2D eigenvalue weighted by Crippen LogP contribution is 2.27. The maximum Gasteiger partial charge on any atom is 0.341 e. The first-order valence-corrected chi connectivity index (χ1v) is 9.12. The lowest BCUT2D eigenvalue weighted by molar-refractivity contribution is 0.0790. The number of rotatable bonds is 7. The van der Waals surface area contributed by atoms with Crippen LogP contribution in [0.3, 0.4) is 0 Å². The van der Waals surface area contributed by atoms with Crippen LogP contribution in [0.15, 0.2) is 16.3 Å². The van der Waals surface area contributed by atoms with E-state index in [9.17, 15) is 22.0 Å². The standard InChI is InChI=1S/C13H20F2N2O3S2.ClH/c1-8(2)9(16)4-6-17(3)12(18)11-10(5-7-21-11)22(19,20)13(14)15;/h5,7-9,13H,4,6,16H2,1-3H3;1H. The SMILES string of the molecule is CC(C)C(N)CCN(C)C(=O)c1sccc1S(=O)(=O)C(F)F.Cl. The highest BCUT2D eigenvalue weighted by molar-refractivity contribution is 7.92. The van der Waals surface area contributed by atoms with Gasteiger partial charge >= 0.3 is 5.76 Å². The average molecular weight is 391 g/mol. The number of sulfone groups is 1. The molecule has 0 saturated carbocycles. The monoisotopic (exact) mass is 390 g/mol. The predicted octanol–water partition coefficient (Wildman–Crippen LogP) is 2.61. The molecular weight excluding hydrogens is 370 g/mol. The van der Waals surface area contributed by atoms with E-state index in [1.165, 1.54) is 17.3 Å². The maximum absolute atomic E-state index is 12.6. The number of carbonyl (C=O) groups is 1. The normalized spacial score (nSPS) is 13.0. The minimum absolute atomic E-state index is 0. The molecule has 1 amide bonds. The van der Waals surface area contributed by atoms with Gasteiger partial charge in [0.1, 0.15) is 4.88 Å². The Balaban J connectivity index is 0.00000484. The van der Waals surface area contributed by atoms with Gasteiger partial charge in [0.05, 0.1) is 4.90 Å². The highest BCUT2D eigenvalue weighted by atomic mass is 35.5. The molecule has 0 saturated heterocycles. The van der Waals surface area contributed by atoms with E-state index in [0.29, 0.717) is 13.0 Å². The minimum Gasteiger partial charge on any atom is -0.341 e. The Hall–Kier alpha value is -0.770. The van der Waals surface area contributed by atoms with Crippen LogP contribution in [-0.4, -0.2) is 44.6 Å². The summed E-state index contributed by atoms with van der Waals surface area (Å²) in [6.45, 7) is 4.24. The Morgan fingerprint density at radius 3 is 2.43 bits per heavy atom. The number of nitrogens with zero attached hydrogens (tertiary/aromatic N) is 1. The molecule has 0 fully saturated rings. The molecule has 0 aliphatic carbocycles. The van der Waals surface area contributed by atoms with Crippen LogP contribution in [0.2, 0.25) is 0 Å². The van der Waals surface area contributed by atoms with Gasteiger partial charge in [-0.25, -0.2) is 8.42 Å². The number of alkyl halides is 2. The van der Waals surface area contributed by atoms with Crippen LogP contribution in [0.1, 0.15) is 29.9 Å². The Morgan fingerprint density at radius 2 is 1.96 bits per heavy atom. The van der Waals surface area contributed by atoms with Crippen LogP contribution in [0.4, 0.5) is 8.78 Å². The van der Waals surface area contributed by atoms with Gasteiger partial charge in [-0.3, -0.25) is 4.79 Å². The van der Waals surface area contributed by atoms with Crippen molar-refractivity contribution >= 4 is 39.5 Å². The third-order valence-electron chi connectivity index (χ3n) is 3.37. The van der Waals surface area contributed by atoms with Crippen molar-refractivity contribution in [1.29, 1.82) is 0 Å². The van der Waals surface area contributed by atoms with Gasteiger partial charge < -0.3 is 10.6 Å². The average Bonchev–Trinajstić information content (AvgIpc) is 2.92. The fourth-order valence-electron chi connectivity index (χ4n) is 1.72. The molecule has 0 aromatic carbocycles. The van der Waals surface area contributed by atoms with Crippen molar-refractivity contribution in [2.75, 3.05) is 13.6 Å². The van der Waals surface area contributed by atoms with Crippen LogP contribution < -0.4 is 5.73 Å². The lowest BCUT2D eigenvalue weighted by Gasteiger charge is -2.21. The molecule has 0 aliphatic heterocycles. The van der Waals surface area contributed by atoms with Crippen molar-refractivity contribution in [3.05, 3.63) is 16.3 Å². The van der Waals surface area contributed by atoms with Crippen LogP contribution in [0.5, 0.6) is 0 Å². The zero-order valence-electron chi connectivity index (χ0n) is 13.0. The summed E-state index contributed by atoms with van der Waals surface area (Å²) in [6, 6.07) is 0.940. The van der Waals surface area contributed by atoms with Crippen molar-refractivity contribution in [2.45, 2.75) is 37.0 Å². The summed E-state index contributed by atoms with van der Waals surface area (Å²) in [5.41, 5.74) is 5.89. The third kappa shape index (κ3) is 5.37. The zero-order chi connectivity index (χ0) is 17.1. The Bertz CT molecular complexity index is 620. The number of amides is 1. The number of carbonyl (C=O) groups excluding carboxylic acids is 1. The lowest BCUT2D eigenvalue weighted by atomic mass is 10.0. The van der Waals surface area contributed by atoms with Gasteiger partial charge in [0.25, 0.3) is 5.91 Å². The second-order valence-electron chi connectivity index (χ2n) is 5.34. The molecule has 1 aromatic rings. The van der Waals surface area contributed by atoms with Gasteiger partial charge in [0.15, 0.2) is 0 Å². The van der Waals surface area contributed by atoms with E-state index in [4.69, 9.17) is 5.73 Å². The van der Waals surface area contributed by atoms with Gasteiger partial charge in [-0.1, -0.05) is 13.8 Å². The Labute approximate surface area is 145 Å². The molecule has 0 aliphatic rings. The molecule has 1 unspecified atom stereocenters. The summed E-state index contributed by atoms with van der Waals surface area (Å²) in [4.78, 5) is 12.8. The summed E-state index contributed by atoms with van der Waals surface area (Å²) in [5, 5.41) is 1.32. The van der Waals surface area contributed by atoms with E-state index < -0.39 is 26.4 Å². The summed E-state index contributed by atoms with van der Waals surface area (Å²) in [6.07, 6.45) is 0.544. The number of nitrogens with two attached hydrogens (primary N) is 1. The topological polar surface area (TPSA) is 80.5 Å². The molecule has 0 spiro atoms. The summed E-state index contributed by atoms with van der Waals surface area (Å²) in [5.74, 6) is -3.89. The molecule has 5 nitrogen and oxygen atoms in total. The van der Waals surface area contributed by atoms with E-state index in [0.717, 1.165) is 17.4 Å². The van der Waals surface area contributed by atoms with E-state index in [1.54, 1.807) is 0 Å². The fraction of sp³-hybridized carbons (Fsp3) is 0.615. The number of hydrogen-bond acceptors (Lipinski definition) is 5. The van der Waals surface area contributed by atoms with Gasteiger partial charge in [-0.15, -0.1) is 23.7 Å². The van der Waals surface area contributed by atoms with Crippen LogP contribution in [-0.2, 0) is 9.84 Å². The molecule has 0 radical (unpaired) electrons. The van der Waals surface area contributed by atoms with Crippen LogP contribution >= 0.6 is 23.7 Å². The summed E-state index contributed by atoms with van der Waals surface area (Å²) in [7, 11) is -3.29. The second kappa shape index (κ2) is 8.91. The molecule has 1 heterocycles. The molecule has 1 aromatic heterocycles. The highest BCUT2D eigenvalue weighted by Gasteiger charge is 2.33. The van der Waals surface area contributed by atoms with Gasteiger partial charge in [-0.05, 0) is 23.8 Å². The number of thiophene rings is 1. The summed E-state index contributed by atoms with van der Waals surface area (Å²) < 4.78 is 48.4. The fourth-order valence-corrected chi connectivity index (χ4v) is 3.88. The number of halogens is 3. The smallest absolute Gasteiger partial charge is 0.341 e. The number of hydrogen-bond donors (Lipinski definition) is 1. The first kappa shape index (κ1) is 22.2. The molecular formula is C13H21ClF2N2O3S2. The van der Waals surface area contributed by atoms with E-state index >= 15 is 0 Å². The predicted molar refractivity (Wildman–Crippen MR) is 89.1 cm³/mol. The zero-order valence-corrected chi connectivity index (χ0v) is 15.5. The second-order valence-corrected chi connectivity index (χ2v) is 8.15. The molecule has 134 valence electrons. The van der Waals surface area contributed by atoms with Crippen molar-refractivity contribution < 1.29 is 22.0 Å². The maximum atomic E-state index is 12.6. The molecule has 1 atom stereocenters. The summed E-state index contributed by atoms with van der Waals surface area (Å²) >= 11 is 0.836. The first-order chi connectivity index (χ1) is 10.1. The van der Waals surface area contributed by atoms with Gasteiger partial charge in [0.2, 0.25) is 9.84 Å². The van der Waals surface area contributed by atoms with Crippen molar-refractivity contribution in [3.8, 4) is 0 Å². The van der Waals surface area contributed by atoms with Crippen LogP contribution in [0, 0.1) is 5.92 Å². The van der Waals surface area contributed by atoms with Crippen molar-refractivity contribution in [1.82, 2.24) is 4.90 Å². The van der Waals surface area contributed by atoms with Crippen LogP contribution in [0.25, 0.3) is 0 Å². The molecule has 2 N–H and O–H groups in total. The van der Waals surface area contributed by atoms with E-state index in [2.05, 4.69) is 0 Å². The van der Waals surface area contributed by atoms with Gasteiger partial charge in [0, 0.05) is 19.6 Å². The van der Waals surface area contributed by atoms with E-state index in [1.807, 2.05) is 13.8 Å². The van der Waals surface area contributed by atoms with Crippen molar-refractivity contribution in [3.63, 3.8) is 0 Å². The third-order valence-corrected chi connectivity index (χ3v) is 5.82.